The Balaban J connectivity index is 2.01. The van der Waals surface area contributed by atoms with Gasteiger partial charge in [-0.25, -0.2) is 8.42 Å². The number of rotatable bonds is 6. The predicted octanol–water partition coefficient (Wildman–Crippen LogP) is 5.50. The Hall–Kier alpha value is -3.04. The first kappa shape index (κ1) is 23.6. The summed E-state index contributed by atoms with van der Waals surface area (Å²) in [6.45, 7) is 0.826. The average Bonchev–Trinajstić information content (AvgIpc) is 2.74. The number of sulfonamides is 1. The van der Waals surface area contributed by atoms with Gasteiger partial charge in [-0.3, -0.25) is 9.10 Å². The molecular weight excluding hydrogens is 465 g/mol. The number of alkyl halides is 3. The molecule has 0 heterocycles. The molecule has 0 aromatic heterocycles. The molecule has 1 N–H and O–H groups in total. The van der Waals surface area contributed by atoms with Crippen molar-refractivity contribution in [3.63, 3.8) is 0 Å². The summed E-state index contributed by atoms with van der Waals surface area (Å²) in [6.07, 6.45) is -4.69. The van der Waals surface area contributed by atoms with Crippen molar-refractivity contribution in [1.82, 2.24) is 0 Å². The van der Waals surface area contributed by atoms with Crippen molar-refractivity contribution in [3.05, 3.63) is 88.9 Å². The quantitative estimate of drug-likeness (QED) is 0.504. The van der Waals surface area contributed by atoms with Crippen LogP contribution < -0.4 is 9.62 Å². The lowest BCUT2D eigenvalue weighted by Gasteiger charge is -2.26. The van der Waals surface area contributed by atoms with E-state index in [2.05, 4.69) is 5.32 Å². The first-order valence-corrected chi connectivity index (χ1v) is 11.1. The van der Waals surface area contributed by atoms with Gasteiger partial charge >= 0.3 is 6.18 Å². The molecule has 0 spiro atoms. The van der Waals surface area contributed by atoms with E-state index in [1.54, 1.807) is 19.1 Å². The number of halogens is 4. The average molecular weight is 483 g/mol. The zero-order valence-corrected chi connectivity index (χ0v) is 18.3. The maximum Gasteiger partial charge on any atom is 0.418 e. The number of anilines is 2. The van der Waals surface area contributed by atoms with Crippen LogP contribution in [0.4, 0.5) is 24.5 Å². The van der Waals surface area contributed by atoms with Crippen LogP contribution in [0, 0.1) is 6.92 Å². The Bertz CT molecular complexity index is 1230. The molecule has 0 saturated heterocycles. The van der Waals surface area contributed by atoms with Gasteiger partial charge in [0, 0.05) is 5.02 Å². The molecule has 32 heavy (non-hydrogen) atoms. The van der Waals surface area contributed by atoms with Crippen molar-refractivity contribution < 1.29 is 26.4 Å². The fraction of sp³-hybridized carbons (Fsp3) is 0.136. The van der Waals surface area contributed by atoms with E-state index in [0.717, 1.165) is 16.4 Å². The summed E-state index contributed by atoms with van der Waals surface area (Å²) in [5, 5.41) is 2.45. The Labute approximate surface area is 188 Å². The highest BCUT2D eigenvalue weighted by Gasteiger charge is 2.34. The molecule has 10 heteroatoms. The van der Waals surface area contributed by atoms with Gasteiger partial charge in [-0.05, 0) is 48.9 Å². The van der Waals surface area contributed by atoms with E-state index in [1.807, 2.05) is 0 Å². The van der Waals surface area contributed by atoms with Gasteiger partial charge in [0.05, 0.1) is 21.8 Å². The van der Waals surface area contributed by atoms with Crippen LogP contribution in [0.1, 0.15) is 11.1 Å². The van der Waals surface area contributed by atoms with E-state index in [1.165, 1.54) is 48.5 Å². The van der Waals surface area contributed by atoms with Crippen LogP contribution in [0.25, 0.3) is 0 Å². The molecule has 0 aliphatic rings. The fourth-order valence-corrected chi connectivity index (χ4v) is 4.71. The lowest BCUT2D eigenvalue weighted by Crippen LogP contribution is -2.38. The SMILES string of the molecule is Cc1c(Cl)cccc1N(CC(=O)Nc1ccccc1C(F)(F)F)S(=O)(=O)c1ccccc1. The van der Waals surface area contributed by atoms with Crippen LogP contribution in [0.3, 0.4) is 0 Å². The number of hydrogen-bond acceptors (Lipinski definition) is 3. The minimum absolute atomic E-state index is 0.0807. The van der Waals surface area contributed by atoms with E-state index in [4.69, 9.17) is 11.6 Å². The monoisotopic (exact) mass is 482 g/mol. The molecule has 0 unspecified atom stereocenters. The van der Waals surface area contributed by atoms with Gasteiger partial charge in [0.25, 0.3) is 10.0 Å². The second kappa shape index (κ2) is 9.22. The molecule has 0 saturated carbocycles. The van der Waals surface area contributed by atoms with E-state index >= 15 is 0 Å². The smallest absolute Gasteiger partial charge is 0.324 e. The number of para-hydroxylation sites is 1. The summed E-state index contributed by atoms with van der Waals surface area (Å²) >= 11 is 6.14. The van der Waals surface area contributed by atoms with Crippen LogP contribution in [0.15, 0.2) is 77.7 Å². The maximum absolute atomic E-state index is 13.3. The maximum atomic E-state index is 13.3. The van der Waals surface area contributed by atoms with Crippen molar-refractivity contribution in [2.75, 3.05) is 16.2 Å². The van der Waals surface area contributed by atoms with Crippen molar-refractivity contribution >= 4 is 38.9 Å². The highest BCUT2D eigenvalue weighted by molar-refractivity contribution is 7.92. The van der Waals surface area contributed by atoms with Gasteiger partial charge < -0.3 is 5.32 Å². The van der Waals surface area contributed by atoms with Gasteiger partial charge in [0.1, 0.15) is 6.54 Å². The molecule has 168 valence electrons. The standard InChI is InChI=1S/C22H18ClF3N2O3S/c1-15-18(23)11-7-13-20(15)28(32(30,31)16-8-3-2-4-9-16)14-21(29)27-19-12-6-5-10-17(19)22(24,25)26/h2-13H,14H2,1H3,(H,27,29). The second-order valence-corrected chi connectivity index (χ2v) is 9.07. The zero-order chi connectivity index (χ0) is 23.5. The van der Waals surface area contributed by atoms with Gasteiger partial charge in [0.15, 0.2) is 0 Å². The first-order valence-electron chi connectivity index (χ1n) is 9.31. The predicted molar refractivity (Wildman–Crippen MR) is 117 cm³/mol. The van der Waals surface area contributed by atoms with E-state index in [0.29, 0.717) is 5.56 Å². The van der Waals surface area contributed by atoms with Crippen molar-refractivity contribution in [2.24, 2.45) is 0 Å². The number of benzene rings is 3. The van der Waals surface area contributed by atoms with Gasteiger partial charge in [-0.15, -0.1) is 0 Å². The summed E-state index contributed by atoms with van der Waals surface area (Å²) in [4.78, 5) is 12.7. The molecule has 0 radical (unpaired) electrons. The van der Waals surface area contributed by atoms with E-state index < -0.39 is 39.9 Å². The molecule has 5 nitrogen and oxygen atoms in total. The Morgan fingerprint density at radius 2 is 1.59 bits per heavy atom. The van der Waals surface area contributed by atoms with Crippen LogP contribution in [0.5, 0.6) is 0 Å². The molecule has 0 aliphatic heterocycles. The number of carbonyl (C=O) groups excluding carboxylic acids is 1. The zero-order valence-electron chi connectivity index (χ0n) is 16.7. The first-order chi connectivity index (χ1) is 15.0. The Kier molecular flexibility index (Phi) is 6.80. The van der Waals surface area contributed by atoms with Crippen LogP contribution in [-0.2, 0) is 21.0 Å². The van der Waals surface area contributed by atoms with E-state index in [9.17, 15) is 26.4 Å². The third kappa shape index (κ3) is 5.05. The number of hydrogen-bond donors (Lipinski definition) is 1. The number of nitrogens with zero attached hydrogens (tertiary/aromatic N) is 1. The Morgan fingerprint density at radius 3 is 2.25 bits per heavy atom. The molecule has 0 atom stereocenters. The molecule has 0 fully saturated rings. The fourth-order valence-electron chi connectivity index (χ4n) is 3.05. The summed E-state index contributed by atoms with van der Waals surface area (Å²) in [5.74, 6) is -0.944. The lowest BCUT2D eigenvalue weighted by molar-refractivity contribution is -0.137. The third-order valence-electron chi connectivity index (χ3n) is 4.63. The second-order valence-electron chi connectivity index (χ2n) is 6.80. The molecule has 3 aromatic rings. The number of nitrogens with one attached hydrogen (secondary N) is 1. The van der Waals surface area contributed by atoms with Crippen molar-refractivity contribution in [2.45, 2.75) is 18.0 Å². The minimum Gasteiger partial charge on any atom is -0.324 e. The molecule has 3 rings (SSSR count). The van der Waals surface area contributed by atoms with Crippen LogP contribution in [0.2, 0.25) is 5.02 Å². The van der Waals surface area contributed by atoms with Gasteiger partial charge in [0.2, 0.25) is 5.91 Å². The summed E-state index contributed by atoms with van der Waals surface area (Å²) in [6, 6.07) is 16.4. The number of amides is 1. The van der Waals surface area contributed by atoms with Crippen molar-refractivity contribution in [1.29, 1.82) is 0 Å². The molecule has 3 aromatic carbocycles. The van der Waals surface area contributed by atoms with Crippen molar-refractivity contribution in [3.8, 4) is 0 Å². The molecule has 0 aliphatic carbocycles. The van der Waals surface area contributed by atoms with Crippen LogP contribution in [-0.4, -0.2) is 20.9 Å². The highest BCUT2D eigenvalue weighted by atomic mass is 35.5. The van der Waals surface area contributed by atoms with Crippen LogP contribution >= 0.6 is 11.6 Å². The summed E-state index contributed by atoms with van der Waals surface area (Å²) < 4.78 is 67.3. The summed E-state index contributed by atoms with van der Waals surface area (Å²) in [5.41, 5.74) is -0.965. The highest BCUT2D eigenvalue weighted by Crippen LogP contribution is 2.35. The molecular formula is C22H18ClF3N2O3S. The normalized spacial score (nSPS) is 11.8. The largest absolute Gasteiger partial charge is 0.418 e. The van der Waals surface area contributed by atoms with Gasteiger partial charge in [-0.1, -0.05) is 48.0 Å². The lowest BCUT2D eigenvalue weighted by atomic mass is 10.1. The van der Waals surface area contributed by atoms with E-state index in [-0.39, 0.29) is 15.6 Å². The topological polar surface area (TPSA) is 66.5 Å². The summed E-state index contributed by atoms with van der Waals surface area (Å²) in [7, 11) is -4.23. The Morgan fingerprint density at radius 1 is 0.969 bits per heavy atom. The van der Waals surface area contributed by atoms with Gasteiger partial charge in [-0.2, -0.15) is 13.2 Å². The molecule has 0 bridgehead atoms. The third-order valence-corrected chi connectivity index (χ3v) is 6.82. The number of carbonyl (C=O) groups is 1. The minimum atomic E-state index is -4.69. The molecule has 1 amide bonds.